The molecular formula is C19H15ClN4O. The van der Waals surface area contributed by atoms with Crippen LogP contribution in [0.15, 0.2) is 60.9 Å². The van der Waals surface area contributed by atoms with Gasteiger partial charge in [0.05, 0.1) is 18.2 Å². The van der Waals surface area contributed by atoms with Gasteiger partial charge in [-0.1, -0.05) is 29.8 Å². The molecule has 0 radical (unpaired) electrons. The minimum Gasteiger partial charge on any atom is -0.496 e. The van der Waals surface area contributed by atoms with Gasteiger partial charge in [-0.25, -0.2) is 9.97 Å². The second-order valence-electron chi connectivity index (χ2n) is 5.50. The van der Waals surface area contributed by atoms with Crippen molar-refractivity contribution in [2.45, 2.75) is 0 Å². The van der Waals surface area contributed by atoms with Gasteiger partial charge in [0, 0.05) is 16.3 Å². The molecule has 0 unspecified atom stereocenters. The zero-order valence-electron chi connectivity index (χ0n) is 13.5. The molecule has 0 saturated heterocycles. The Kier molecular flexibility index (Phi) is 3.99. The first-order chi connectivity index (χ1) is 12.2. The van der Waals surface area contributed by atoms with Crippen molar-refractivity contribution in [3.05, 3.63) is 65.9 Å². The van der Waals surface area contributed by atoms with Gasteiger partial charge < -0.3 is 15.0 Å². The van der Waals surface area contributed by atoms with E-state index >= 15 is 0 Å². The first-order valence-electron chi connectivity index (χ1n) is 7.74. The highest BCUT2D eigenvalue weighted by atomic mass is 35.5. The van der Waals surface area contributed by atoms with E-state index in [0.29, 0.717) is 10.8 Å². The Balaban J connectivity index is 1.79. The quantitative estimate of drug-likeness (QED) is 0.541. The molecule has 4 aromatic rings. The highest BCUT2D eigenvalue weighted by Gasteiger charge is 2.12. The molecule has 25 heavy (non-hydrogen) atoms. The molecule has 0 atom stereocenters. The van der Waals surface area contributed by atoms with E-state index in [9.17, 15) is 0 Å². The van der Waals surface area contributed by atoms with Crippen LogP contribution in [-0.4, -0.2) is 22.1 Å². The van der Waals surface area contributed by atoms with E-state index in [2.05, 4.69) is 20.3 Å². The summed E-state index contributed by atoms with van der Waals surface area (Å²) in [6, 6.07) is 17.4. The lowest BCUT2D eigenvalue weighted by molar-refractivity contribution is 0.416. The summed E-state index contributed by atoms with van der Waals surface area (Å²) in [6.45, 7) is 0. The third-order valence-corrected chi connectivity index (χ3v) is 4.15. The number of aromatic amines is 1. The maximum absolute atomic E-state index is 6.05. The number of nitrogens with one attached hydrogen (secondary N) is 2. The van der Waals surface area contributed by atoms with Crippen molar-refractivity contribution in [3.63, 3.8) is 0 Å². The van der Waals surface area contributed by atoms with Crippen LogP contribution in [0.25, 0.3) is 22.3 Å². The lowest BCUT2D eigenvalue weighted by Crippen LogP contribution is -1.94. The van der Waals surface area contributed by atoms with Gasteiger partial charge in [-0.15, -0.1) is 0 Å². The summed E-state index contributed by atoms with van der Waals surface area (Å²) in [5, 5.41) is 4.85. The summed E-state index contributed by atoms with van der Waals surface area (Å²) in [6.07, 6.45) is 1.53. The van der Waals surface area contributed by atoms with Gasteiger partial charge >= 0.3 is 0 Å². The molecule has 2 aromatic heterocycles. The largest absolute Gasteiger partial charge is 0.496 e. The van der Waals surface area contributed by atoms with Crippen LogP contribution in [0.2, 0.25) is 5.02 Å². The summed E-state index contributed by atoms with van der Waals surface area (Å²) in [7, 11) is 1.66. The molecule has 2 heterocycles. The topological polar surface area (TPSA) is 62.8 Å². The Morgan fingerprint density at radius 2 is 1.92 bits per heavy atom. The lowest BCUT2D eigenvalue weighted by Gasteiger charge is -2.06. The molecule has 4 rings (SSSR count). The number of methoxy groups -OCH3 is 1. The number of benzene rings is 2. The van der Waals surface area contributed by atoms with E-state index in [4.69, 9.17) is 16.3 Å². The van der Waals surface area contributed by atoms with Crippen LogP contribution in [0.3, 0.4) is 0 Å². The number of nitrogens with zero attached hydrogens (tertiary/aromatic N) is 2. The summed E-state index contributed by atoms with van der Waals surface area (Å²) >= 11 is 6.05. The SMILES string of the molecule is COc1ccccc1-c1cc2c(Nc3cccc(Cl)c3)ncnc2[nH]1. The number of ether oxygens (including phenoxy) is 1. The first kappa shape index (κ1) is 15.5. The Labute approximate surface area is 149 Å². The zero-order valence-corrected chi connectivity index (χ0v) is 14.2. The van der Waals surface area contributed by atoms with Crippen LogP contribution in [0.5, 0.6) is 5.75 Å². The summed E-state index contributed by atoms with van der Waals surface area (Å²) in [4.78, 5) is 12.0. The summed E-state index contributed by atoms with van der Waals surface area (Å²) in [5.74, 6) is 1.51. The molecule has 5 nitrogen and oxygen atoms in total. The molecule has 124 valence electrons. The molecule has 0 aliphatic heterocycles. The van der Waals surface area contributed by atoms with Gasteiger partial charge in [0.15, 0.2) is 0 Å². The molecular weight excluding hydrogens is 336 g/mol. The van der Waals surface area contributed by atoms with E-state index < -0.39 is 0 Å². The van der Waals surface area contributed by atoms with E-state index in [1.165, 1.54) is 6.33 Å². The van der Waals surface area contributed by atoms with E-state index in [0.717, 1.165) is 33.7 Å². The molecule has 0 bridgehead atoms. The van der Waals surface area contributed by atoms with Gasteiger partial charge in [-0.2, -0.15) is 0 Å². The van der Waals surface area contributed by atoms with Crippen LogP contribution in [0.4, 0.5) is 11.5 Å². The number of anilines is 2. The van der Waals surface area contributed by atoms with E-state index in [1.54, 1.807) is 7.11 Å². The average molecular weight is 351 g/mol. The minimum atomic E-state index is 0.666. The van der Waals surface area contributed by atoms with Crippen molar-refractivity contribution in [2.24, 2.45) is 0 Å². The fourth-order valence-corrected chi connectivity index (χ4v) is 2.94. The number of para-hydroxylation sites is 1. The normalized spacial score (nSPS) is 10.8. The van der Waals surface area contributed by atoms with Crippen LogP contribution in [-0.2, 0) is 0 Å². The Morgan fingerprint density at radius 1 is 1.04 bits per heavy atom. The van der Waals surface area contributed by atoms with Crippen molar-refractivity contribution >= 4 is 34.1 Å². The number of H-pyrrole nitrogens is 1. The highest BCUT2D eigenvalue weighted by Crippen LogP contribution is 2.33. The van der Waals surface area contributed by atoms with Gasteiger partial charge in [-0.05, 0) is 36.4 Å². The Hall–Kier alpha value is -3.05. The molecule has 6 heteroatoms. The molecule has 2 aromatic carbocycles. The van der Waals surface area contributed by atoms with E-state index in [-0.39, 0.29) is 0 Å². The number of rotatable bonds is 4. The van der Waals surface area contributed by atoms with Crippen molar-refractivity contribution in [1.82, 2.24) is 15.0 Å². The van der Waals surface area contributed by atoms with Gasteiger partial charge in [0.2, 0.25) is 0 Å². The molecule has 0 aliphatic rings. The minimum absolute atomic E-state index is 0.666. The predicted molar refractivity (Wildman–Crippen MR) is 101 cm³/mol. The van der Waals surface area contributed by atoms with Crippen molar-refractivity contribution < 1.29 is 4.74 Å². The zero-order chi connectivity index (χ0) is 17.2. The van der Waals surface area contributed by atoms with Crippen LogP contribution < -0.4 is 10.1 Å². The van der Waals surface area contributed by atoms with Crippen molar-refractivity contribution in [2.75, 3.05) is 12.4 Å². The highest BCUT2D eigenvalue weighted by molar-refractivity contribution is 6.30. The van der Waals surface area contributed by atoms with Crippen LogP contribution in [0.1, 0.15) is 0 Å². The molecule has 0 spiro atoms. The van der Waals surface area contributed by atoms with Crippen LogP contribution in [0, 0.1) is 0 Å². The van der Waals surface area contributed by atoms with Gasteiger partial charge in [-0.3, -0.25) is 0 Å². The number of halogens is 1. The second-order valence-corrected chi connectivity index (χ2v) is 5.94. The third kappa shape index (κ3) is 3.02. The second kappa shape index (κ2) is 6.45. The van der Waals surface area contributed by atoms with Crippen molar-refractivity contribution in [1.29, 1.82) is 0 Å². The maximum atomic E-state index is 6.05. The van der Waals surface area contributed by atoms with Crippen LogP contribution >= 0.6 is 11.6 Å². The number of hydrogen-bond donors (Lipinski definition) is 2. The van der Waals surface area contributed by atoms with Gasteiger partial charge in [0.25, 0.3) is 0 Å². The first-order valence-corrected chi connectivity index (χ1v) is 8.12. The lowest BCUT2D eigenvalue weighted by atomic mass is 10.1. The maximum Gasteiger partial charge on any atom is 0.143 e. The number of fused-ring (bicyclic) bond motifs is 1. The molecule has 2 N–H and O–H groups in total. The molecule has 0 saturated carbocycles. The van der Waals surface area contributed by atoms with E-state index in [1.807, 2.05) is 54.6 Å². The monoisotopic (exact) mass is 350 g/mol. The Bertz CT molecular complexity index is 1040. The average Bonchev–Trinajstić information content (AvgIpc) is 3.07. The molecule has 0 fully saturated rings. The fraction of sp³-hybridized carbons (Fsp3) is 0.0526. The summed E-state index contributed by atoms with van der Waals surface area (Å²) in [5.41, 5.74) is 3.51. The number of aromatic nitrogens is 3. The molecule has 0 amide bonds. The predicted octanol–water partition coefficient (Wildman–Crippen LogP) is 5.03. The molecule has 0 aliphatic carbocycles. The smallest absolute Gasteiger partial charge is 0.143 e. The third-order valence-electron chi connectivity index (χ3n) is 3.91. The Morgan fingerprint density at radius 3 is 2.76 bits per heavy atom. The fourth-order valence-electron chi connectivity index (χ4n) is 2.75. The van der Waals surface area contributed by atoms with Crippen molar-refractivity contribution in [3.8, 4) is 17.0 Å². The summed E-state index contributed by atoms with van der Waals surface area (Å²) < 4.78 is 5.45. The van der Waals surface area contributed by atoms with Gasteiger partial charge in [0.1, 0.15) is 23.5 Å². The standard InChI is InChI=1S/C19H15ClN4O/c1-25-17-8-3-2-7-14(17)16-10-15-18(21-11-22-19(15)24-16)23-13-6-4-5-12(20)9-13/h2-11H,1H3,(H2,21,22,23,24). The number of hydrogen-bond acceptors (Lipinski definition) is 4.